The monoisotopic (exact) mass is 226 g/mol. The molecule has 1 heterocycles. The third-order valence-electron chi connectivity index (χ3n) is 2.58. The van der Waals surface area contributed by atoms with Gasteiger partial charge >= 0.3 is 0 Å². The number of aromatic nitrogens is 2. The predicted molar refractivity (Wildman–Crippen MR) is 66.9 cm³/mol. The highest BCUT2D eigenvalue weighted by Gasteiger charge is 2.04. The zero-order valence-corrected chi connectivity index (χ0v) is 9.50. The number of para-hydroxylation sites is 1. The van der Waals surface area contributed by atoms with E-state index >= 15 is 0 Å². The predicted octanol–water partition coefficient (Wildman–Crippen LogP) is 2.44. The Morgan fingerprint density at radius 1 is 1.35 bits per heavy atom. The summed E-state index contributed by atoms with van der Waals surface area (Å²) in [5, 5.41) is 12.7. The van der Waals surface area contributed by atoms with E-state index in [9.17, 15) is 0 Å². The van der Waals surface area contributed by atoms with Crippen LogP contribution in [-0.4, -0.2) is 9.78 Å². The van der Waals surface area contributed by atoms with Crippen molar-refractivity contribution in [3.8, 4) is 17.2 Å². The topological polar surface area (TPSA) is 67.6 Å². The van der Waals surface area contributed by atoms with Crippen molar-refractivity contribution < 1.29 is 0 Å². The first-order valence-corrected chi connectivity index (χ1v) is 5.55. The molecule has 1 aromatic heterocycles. The van der Waals surface area contributed by atoms with E-state index in [2.05, 4.69) is 11.2 Å². The van der Waals surface area contributed by atoms with E-state index in [1.54, 1.807) is 6.20 Å². The molecule has 2 rings (SSSR count). The molecule has 0 saturated heterocycles. The molecule has 0 unspecified atom stereocenters. The van der Waals surface area contributed by atoms with E-state index in [1.807, 2.05) is 35.1 Å². The maximum Gasteiger partial charge on any atom is 0.0622 e. The lowest BCUT2D eigenvalue weighted by Gasteiger charge is -2.01. The first kappa shape index (κ1) is 11.2. The van der Waals surface area contributed by atoms with Gasteiger partial charge in [0.15, 0.2) is 0 Å². The number of aryl methyl sites for hydroxylation is 1. The lowest BCUT2D eigenvalue weighted by atomic mass is 10.1. The highest BCUT2D eigenvalue weighted by Crippen LogP contribution is 2.24. The summed E-state index contributed by atoms with van der Waals surface area (Å²) < 4.78 is 1.85. The van der Waals surface area contributed by atoms with Crippen LogP contribution < -0.4 is 5.73 Å². The van der Waals surface area contributed by atoms with Crippen LogP contribution in [0.2, 0.25) is 0 Å². The average Bonchev–Trinajstić information content (AvgIpc) is 2.79. The summed E-state index contributed by atoms with van der Waals surface area (Å²) in [6, 6.07) is 9.85. The molecule has 1 aromatic carbocycles. The van der Waals surface area contributed by atoms with Gasteiger partial charge in [0.2, 0.25) is 0 Å². The SMILES string of the molecule is N#CCCCn1cc(-c2ccccc2N)cn1. The van der Waals surface area contributed by atoms with Crippen molar-refractivity contribution in [2.75, 3.05) is 5.73 Å². The van der Waals surface area contributed by atoms with Crippen molar-refractivity contribution in [3.05, 3.63) is 36.7 Å². The quantitative estimate of drug-likeness (QED) is 0.643. The van der Waals surface area contributed by atoms with E-state index in [0.29, 0.717) is 6.42 Å². The second-order valence-corrected chi connectivity index (χ2v) is 3.84. The van der Waals surface area contributed by atoms with Gasteiger partial charge in [0, 0.05) is 36.0 Å². The molecule has 86 valence electrons. The third-order valence-corrected chi connectivity index (χ3v) is 2.58. The highest BCUT2D eigenvalue weighted by molar-refractivity contribution is 5.75. The molecule has 0 aliphatic heterocycles. The van der Waals surface area contributed by atoms with Gasteiger partial charge in [-0.15, -0.1) is 0 Å². The van der Waals surface area contributed by atoms with Crippen LogP contribution in [0.3, 0.4) is 0 Å². The largest absolute Gasteiger partial charge is 0.398 e. The van der Waals surface area contributed by atoms with Crippen LogP contribution in [0.15, 0.2) is 36.7 Å². The van der Waals surface area contributed by atoms with E-state index in [4.69, 9.17) is 11.0 Å². The molecule has 2 aromatic rings. The summed E-state index contributed by atoms with van der Waals surface area (Å²) in [4.78, 5) is 0. The number of hydrogen-bond donors (Lipinski definition) is 1. The first-order chi connectivity index (χ1) is 8.31. The number of benzene rings is 1. The second-order valence-electron chi connectivity index (χ2n) is 3.84. The fourth-order valence-electron chi connectivity index (χ4n) is 1.70. The maximum absolute atomic E-state index is 8.47. The number of rotatable bonds is 4. The zero-order chi connectivity index (χ0) is 12.1. The molecule has 0 atom stereocenters. The normalized spacial score (nSPS) is 10.1. The standard InChI is InChI=1S/C13H14N4/c14-7-3-4-8-17-10-11(9-16-17)12-5-1-2-6-13(12)15/h1-2,5-6,9-10H,3-4,8,15H2. The summed E-state index contributed by atoms with van der Waals surface area (Å²) in [7, 11) is 0. The molecule has 0 bridgehead atoms. The summed E-state index contributed by atoms with van der Waals surface area (Å²) in [6.45, 7) is 0.764. The van der Waals surface area contributed by atoms with Gasteiger partial charge in [0.25, 0.3) is 0 Å². The van der Waals surface area contributed by atoms with Crippen LogP contribution in [0.5, 0.6) is 0 Å². The molecule has 17 heavy (non-hydrogen) atoms. The summed E-state index contributed by atoms with van der Waals surface area (Å²) in [5.41, 5.74) is 8.67. The minimum atomic E-state index is 0.558. The molecule has 0 aliphatic carbocycles. The number of nitriles is 1. The minimum Gasteiger partial charge on any atom is -0.398 e. The lowest BCUT2D eigenvalue weighted by Crippen LogP contribution is -1.97. The van der Waals surface area contributed by atoms with Crippen molar-refractivity contribution >= 4 is 5.69 Å². The number of nitrogens with two attached hydrogens (primary N) is 1. The molecule has 0 spiro atoms. The Morgan fingerprint density at radius 2 is 2.18 bits per heavy atom. The molecule has 0 aliphatic rings. The highest BCUT2D eigenvalue weighted by atomic mass is 15.3. The first-order valence-electron chi connectivity index (χ1n) is 5.55. The minimum absolute atomic E-state index is 0.558. The van der Waals surface area contributed by atoms with Gasteiger partial charge in [-0.2, -0.15) is 10.4 Å². The molecule has 2 N–H and O–H groups in total. The number of nitrogen functional groups attached to an aromatic ring is 1. The van der Waals surface area contributed by atoms with Crippen molar-refractivity contribution in [1.29, 1.82) is 5.26 Å². The van der Waals surface area contributed by atoms with E-state index in [0.717, 1.165) is 29.8 Å². The molecule has 4 nitrogen and oxygen atoms in total. The maximum atomic E-state index is 8.47. The molecule has 0 amide bonds. The van der Waals surface area contributed by atoms with Gasteiger partial charge in [0.1, 0.15) is 0 Å². The van der Waals surface area contributed by atoms with Crippen LogP contribution in [0.4, 0.5) is 5.69 Å². The van der Waals surface area contributed by atoms with Crippen molar-refractivity contribution in [1.82, 2.24) is 9.78 Å². The number of hydrogen-bond acceptors (Lipinski definition) is 3. The average molecular weight is 226 g/mol. The van der Waals surface area contributed by atoms with E-state index in [1.165, 1.54) is 0 Å². The number of anilines is 1. The fraction of sp³-hybridized carbons (Fsp3) is 0.231. The van der Waals surface area contributed by atoms with Gasteiger partial charge in [-0.05, 0) is 12.5 Å². The Morgan fingerprint density at radius 3 is 2.94 bits per heavy atom. The van der Waals surface area contributed by atoms with Crippen molar-refractivity contribution in [3.63, 3.8) is 0 Å². The molecule has 0 fully saturated rings. The molecule has 0 saturated carbocycles. The van der Waals surface area contributed by atoms with Crippen LogP contribution in [0.1, 0.15) is 12.8 Å². The number of nitrogens with zero attached hydrogens (tertiary/aromatic N) is 3. The lowest BCUT2D eigenvalue weighted by molar-refractivity contribution is 0.586. The van der Waals surface area contributed by atoms with Crippen LogP contribution in [-0.2, 0) is 6.54 Å². The summed E-state index contributed by atoms with van der Waals surface area (Å²) >= 11 is 0. The van der Waals surface area contributed by atoms with Gasteiger partial charge in [-0.25, -0.2) is 0 Å². The van der Waals surface area contributed by atoms with Gasteiger partial charge < -0.3 is 5.73 Å². The van der Waals surface area contributed by atoms with Crippen LogP contribution in [0.25, 0.3) is 11.1 Å². The third kappa shape index (κ3) is 2.64. The smallest absolute Gasteiger partial charge is 0.0622 e. The molecule has 0 radical (unpaired) electrons. The van der Waals surface area contributed by atoms with Crippen molar-refractivity contribution in [2.45, 2.75) is 19.4 Å². The second kappa shape index (κ2) is 5.17. The Kier molecular flexibility index (Phi) is 3.41. The molecule has 4 heteroatoms. The zero-order valence-electron chi connectivity index (χ0n) is 9.50. The Bertz CT molecular complexity index is 536. The van der Waals surface area contributed by atoms with Gasteiger partial charge in [0.05, 0.1) is 12.3 Å². The fourth-order valence-corrected chi connectivity index (χ4v) is 1.70. The number of unbranched alkanes of at least 4 members (excludes halogenated alkanes) is 1. The summed E-state index contributed by atoms with van der Waals surface area (Å²) in [5.74, 6) is 0. The Hall–Kier alpha value is -2.28. The molecular weight excluding hydrogens is 212 g/mol. The van der Waals surface area contributed by atoms with Crippen LogP contribution >= 0.6 is 0 Å². The Labute approximate surface area is 100 Å². The summed E-state index contributed by atoms with van der Waals surface area (Å²) in [6.07, 6.45) is 5.14. The van der Waals surface area contributed by atoms with Crippen molar-refractivity contribution in [2.24, 2.45) is 0 Å². The van der Waals surface area contributed by atoms with E-state index in [-0.39, 0.29) is 0 Å². The van der Waals surface area contributed by atoms with E-state index < -0.39 is 0 Å². The van der Waals surface area contributed by atoms with Gasteiger partial charge in [-0.1, -0.05) is 18.2 Å². The molecular formula is C13H14N4. The Balaban J connectivity index is 2.14. The van der Waals surface area contributed by atoms with Crippen LogP contribution in [0, 0.1) is 11.3 Å². The van der Waals surface area contributed by atoms with Gasteiger partial charge in [-0.3, -0.25) is 4.68 Å².